The van der Waals surface area contributed by atoms with E-state index < -0.39 is 12.0 Å². The molecule has 0 spiro atoms. The van der Waals surface area contributed by atoms with E-state index in [1.165, 1.54) is 4.90 Å². The number of aromatic nitrogens is 2. The van der Waals surface area contributed by atoms with Crippen molar-refractivity contribution in [3.63, 3.8) is 0 Å². The minimum absolute atomic E-state index is 0.332. The van der Waals surface area contributed by atoms with Crippen molar-refractivity contribution < 1.29 is 14.7 Å². The predicted octanol–water partition coefficient (Wildman–Crippen LogP) is 0.179. The highest BCUT2D eigenvalue weighted by molar-refractivity contribution is 5.83. The van der Waals surface area contributed by atoms with Crippen LogP contribution in [0, 0.1) is 0 Å². The number of hydrogen-bond donors (Lipinski definition) is 2. The van der Waals surface area contributed by atoms with E-state index in [9.17, 15) is 9.59 Å². The van der Waals surface area contributed by atoms with Gasteiger partial charge in [0.1, 0.15) is 6.04 Å². The number of hydrogen-bond acceptors (Lipinski definition) is 3. The van der Waals surface area contributed by atoms with Gasteiger partial charge >= 0.3 is 12.0 Å². The molecule has 1 aromatic rings. The first-order valence-electron chi connectivity index (χ1n) is 5.83. The molecule has 1 aliphatic rings. The summed E-state index contributed by atoms with van der Waals surface area (Å²) in [7, 11) is 1.79. The second kappa shape index (κ2) is 5.07. The lowest BCUT2D eigenvalue weighted by molar-refractivity contribution is -0.141. The molecule has 0 aromatic carbocycles. The van der Waals surface area contributed by atoms with E-state index in [4.69, 9.17) is 5.11 Å². The number of nitrogens with zero attached hydrogens (tertiary/aromatic N) is 3. The normalized spacial score (nSPS) is 18.9. The monoisotopic (exact) mass is 252 g/mol. The van der Waals surface area contributed by atoms with E-state index in [1.54, 1.807) is 24.0 Å². The third-order valence-corrected chi connectivity index (χ3v) is 3.14. The van der Waals surface area contributed by atoms with Crippen LogP contribution in [0.1, 0.15) is 18.5 Å². The molecule has 0 saturated carbocycles. The van der Waals surface area contributed by atoms with E-state index in [0.717, 1.165) is 12.1 Å². The Morgan fingerprint density at radius 3 is 3.00 bits per heavy atom. The standard InChI is InChI=1S/C11H16N4O3/c1-14-8(4-5-13-14)7-12-11(18)15-6-2-3-9(15)10(16)17/h4-5,9H,2-3,6-7H2,1H3,(H,12,18)(H,16,17)/t9-/m0/s1. The molecule has 0 aliphatic carbocycles. The largest absolute Gasteiger partial charge is 0.480 e. The molecule has 7 heteroatoms. The van der Waals surface area contributed by atoms with Gasteiger partial charge in [-0.05, 0) is 18.9 Å². The van der Waals surface area contributed by atoms with E-state index in [2.05, 4.69) is 10.4 Å². The molecular formula is C11H16N4O3. The average molecular weight is 252 g/mol. The van der Waals surface area contributed by atoms with Crippen molar-refractivity contribution in [3.8, 4) is 0 Å². The van der Waals surface area contributed by atoms with Crippen LogP contribution in [-0.2, 0) is 18.4 Å². The molecule has 2 N–H and O–H groups in total. The summed E-state index contributed by atoms with van der Waals surface area (Å²) in [6.07, 6.45) is 2.90. The van der Waals surface area contributed by atoms with Crippen molar-refractivity contribution in [2.24, 2.45) is 7.05 Å². The van der Waals surface area contributed by atoms with Gasteiger partial charge in [0.05, 0.1) is 12.2 Å². The summed E-state index contributed by atoms with van der Waals surface area (Å²) in [4.78, 5) is 24.2. The van der Waals surface area contributed by atoms with E-state index in [1.807, 2.05) is 0 Å². The van der Waals surface area contributed by atoms with E-state index >= 15 is 0 Å². The molecule has 7 nitrogen and oxygen atoms in total. The number of carbonyl (C=O) groups excluding carboxylic acids is 1. The van der Waals surface area contributed by atoms with Crippen LogP contribution < -0.4 is 5.32 Å². The third kappa shape index (κ3) is 2.44. The zero-order chi connectivity index (χ0) is 13.1. The zero-order valence-corrected chi connectivity index (χ0v) is 10.2. The highest BCUT2D eigenvalue weighted by Crippen LogP contribution is 2.17. The lowest BCUT2D eigenvalue weighted by Gasteiger charge is -2.21. The van der Waals surface area contributed by atoms with Crippen LogP contribution in [0.5, 0.6) is 0 Å². The van der Waals surface area contributed by atoms with Crippen molar-refractivity contribution in [1.82, 2.24) is 20.0 Å². The van der Waals surface area contributed by atoms with Gasteiger partial charge in [-0.15, -0.1) is 0 Å². The Morgan fingerprint density at radius 1 is 1.61 bits per heavy atom. The molecule has 0 unspecified atom stereocenters. The maximum Gasteiger partial charge on any atom is 0.326 e. The van der Waals surface area contributed by atoms with Gasteiger partial charge in [0.25, 0.3) is 0 Å². The third-order valence-electron chi connectivity index (χ3n) is 3.14. The van der Waals surface area contributed by atoms with Crippen LogP contribution in [0.4, 0.5) is 4.79 Å². The number of carbonyl (C=O) groups is 2. The molecule has 1 saturated heterocycles. The molecule has 1 atom stereocenters. The van der Waals surface area contributed by atoms with Crippen LogP contribution in [0.3, 0.4) is 0 Å². The van der Waals surface area contributed by atoms with E-state index in [0.29, 0.717) is 19.5 Å². The highest BCUT2D eigenvalue weighted by Gasteiger charge is 2.33. The average Bonchev–Trinajstić information content (AvgIpc) is 2.94. The lowest BCUT2D eigenvalue weighted by Crippen LogP contribution is -2.45. The SMILES string of the molecule is Cn1nccc1CNC(=O)N1CCC[C@H]1C(=O)O. The fourth-order valence-electron chi connectivity index (χ4n) is 2.11. The number of likely N-dealkylation sites (tertiary alicyclic amines) is 1. The molecule has 2 amide bonds. The lowest BCUT2D eigenvalue weighted by atomic mass is 10.2. The minimum Gasteiger partial charge on any atom is -0.480 e. The number of amides is 2. The van der Waals surface area contributed by atoms with Crippen molar-refractivity contribution in [1.29, 1.82) is 0 Å². The maximum atomic E-state index is 11.9. The number of nitrogens with one attached hydrogen (secondary N) is 1. The molecule has 2 heterocycles. The topological polar surface area (TPSA) is 87.5 Å². The second-order valence-corrected chi connectivity index (χ2v) is 4.29. The Labute approximate surface area is 104 Å². The molecule has 0 bridgehead atoms. The number of rotatable bonds is 3. The molecular weight excluding hydrogens is 236 g/mol. The Kier molecular flexibility index (Phi) is 3.50. The minimum atomic E-state index is -0.941. The summed E-state index contributed by atoms with van der Waals surface area (Å²) < 4.78 is 1.67. The predicted molar refractivity (Wildman–Crippen MR) is 62.8 cm³/mol. The first kappa shape index (κ1) is 12.4. The van der Waals surface area contributed by atoms with Gasteiger partial charge in [0.2, 0.25) is 0 Å². The van der Waals surface area contributed by atoms with Gasteiger partial charge in [-0.2, -0.15) is 5.10 Å². The number of carboxylic acids is 1. The highest BCUT2D eigenvalue weighted by atomic mass is 16.4. The Morgan fingerprint density at radius 2 is 2.39 bits per heavy atom. The van der Waals surface area contributed by atoms with Crippen molar-refractivity contribution in [2.45, 2.75) is 25.4 Å². The number of urea groups is 1. The maximum absolute atomic E-state index is 11.9. The smallest absolute Gasteiger partial charge is 0.326 e. The summed E-state index contributed by atoms with van der Waals surface area (Å²) in [6.45, 7) is 0.840. The number of aliphatic carboxylic acids is 1. The van der Waals surface area contributed by atoms with Crippen LogP contribution in [0.15, 0.2) is 12.3 Å². The van der Waals surface area contributed by atoms with Crippen molar-refractivity contribution in [2.75, 3.05) is 6.54 Å². The van der Waals surface area contributed by atoms with Crippen LogP contribution in [0.2, 0.25) is 0 Å². The summed E-state index contributed by atoms with van der Waals surface area (Å²) in [5, 5.41) is 15.7. The summed E-state index contributed by atoms with van der Waals surface area (Å²) >= 11 is 0. The van der Waals surface area contributed by atoms with Gasteiger partial charge in [0, 0.05) is 19.8 Å². The molecule has 1 aromatic heterocycles. The number of carboxylic acid groups (broad SMARTS) is 1. The fourth-order valence-corrected chi connectivity index (χ4v) is 2.11. The Balaban J connectivity index is 1.92. The fraction of sp³-hybridized carbons (Fsp3) is 0.545. The quantitative estimate of drug-likeness (QED) is 0.803. The van der Waals surface area contributed by atoms with Gasteiger partial charge in [0.15, 0.2) is 0 Å². The molecule has 98 valence electrons. The van der Waals surface area contributed by atoms with Crippen LogP contribution in [0.25, 0.3) is 0 Å². The molecule has 2 rings (SSSR count). The van der Waals surface area contributed by atoms with Gasteiger partial charge in [-0.3, -0.25) is 4.68 Å². The first-order valence-corrected chi connectivity index (χ1v) is 5.83. The molecule has 1 fully saturated rings. The van der Waals surface area contributed by atoms with Gasteiger partial charge < -0.3 is 15.3 Å². The molecule has 1 aliphatic heterocycles. The van der Waals surface area contributed by atoms with Gasteiger partial charge in [-0.25, -0.2) is 9.59 Å². The zero-order valence-electron chi connectivity index (χ0n) is 10.2. The summed E-state index contributed by atoms with van der Waals surface area (Å²) in [5.41, 5.74) is 0.870. The Bertz CT molecular complexity index is 457. The van der Waals surface area contributed by atoms with E-state index in [-0.39, 0.29) is 6.03 Å². The van der Waals surface area contributed by atoms with Crippen LogP contribution >= 0.6 is 0 Å². The molecule has 18 heavy (non-hydrogen) atoms. The first-order chi connectivity index (χ1) is 8.59. The van der Waals surface area contributed by atoms with Crippen LogP contribution in [-0.4, -0.2) is 44.4 Å². The van der Waals surface area contributed by atoms with Gasteiger partial charge in [-0.1, -0.05) is 0 Å². The molecule has 0 radical (unpaired) electrons. The second-order valence-electron chi connectivity index (χ2n) is 4.29. The Hall–Kier alpha value is -2.05. The number of aryl methyl sites for hydroxylation is 1. The van der Waals surface area contributed by atoms with Crippen molar-refractivity contribution in [3.05, 3.63) is 18.0 Å². The summed E-state index contributed by atoms with van der Waals surface area (Å²) in [6, 6.07) is 0.775. The van der Waals surface area contributed by atoms with Crippen molar-refractivity contribution >= 4 is 12.0 Å². The summed E-state index contributed by atoms with van der Waals surface area (Å²) in [5.74, 6) is -0.941.